The number of rotatable bonds is 2. The second-order valence-electron chi connectivity index (χ2n) is 5.23. The highest BCUT2D eigenvalue weighted by atomic mass is 16.2. The summed E-state index contributed by atoms with van der Waals surface area (Å²) in [6.45, 7) is 4.44. The van der Waals surface area contributed by atoms with Crippen LogP contribution in [0.1, 0.15) is 19.4 Å². The molecule has 0 atom stereocenters. The fraction of sp³-hybridized carbons (Fsp3) is 0.158. The minimum Gasteiger partial charge on any atom is -0.307 e. The van der Waals surface area contributed by atoms with Gasteiger partial charge in [-0.25, -0.2) is 4.99 Å². The lowest BCUT2D eigenvalue weighted by Gasteiger charge is -2.25. The number of nitrogens with zero attached hydrogens (tertiary/aromatic N) is 2. The monoisotopic (exact) mass is 290 g/mol. The van der Waals surface area contributed by atoms with Gasteiger partial charge in [-0.05, 0) is 32.1 Å². The van der Waals surface area contributed by atoms with Crippen LogP contribution in [0, 0.1) is 0 Å². The highest BCUT2D eigenvalue weighted by Gasteiger charge is 2.21. The first-order valence-electron chi connectivity index (χ1n) is 7.44. The average molecular weight is 290 g/mol. The zero-order valence-electron chi connectivity index (χ0n) is 12.8. The van der Waals surface area contributed by atoms with Crippen molar-refractivity contribution in [3.05, 3.63) is 71.8 Å². The summed E-state index contributed by atoms with van der Waals surface area (Å²) in [4.78, 5) is 19.2. The molecule has 2 aromatic carbocycles. The highest BCUT2D eigenvalue weighted by Crippen LogP contribution is 2.31. The summed E-state index contributed by atoms with van der Waals surface area (Å²) in [5.41, 5.74) is 4.19. The molecule has 2 aromatic rings. The molecule has 0 spiro atoms. The number of anilines is 1. The minimum absolute atomic E-state index is 0.0262. The first-order valence-corrected chi connectivity index (χ1v) is 7.44. The molecular weight excluding hydrogens is 272 g/mol. The van der Waals surface area contributed by atoms with E-state index in [9.17, 15) is 4.79 Å². The molecule has 0 unspecified atom stereocenters. The molecule has 1 aliphatic heterocycles. The number of hydrogen-bond acceptors (Lipinski definition) is 2. The molecule has 0 aliphatic carbocycles. The first kappa shape index (κ1) is 14.3. The molecule has 1 aliphatic rings. The maximum atomic E-state index is 12.7. The molecule has 0 radical (unpaired) electrons. The van der Waals surface area contributed by atoms with Crippen LogP contribution in [0.2, 0.25) is 0 Å². The summed E-state index contributed by atoms with van der Waals surface area (Å²) in [7, 11) is 0. The van der Waals surface area contributed by atoms with Gasteiger partial charge in [-0.2, -0.15) is 0 Å². The molecule has 110 valence electrons. The number of aliphatic imine (C=N–C) groups is 1. The Morgan fingerprint density at radius 1 is 1.00 bits per heavy atom. The van der Waals surface area contributed by atoms with Gasteiger partial charge in [-0.1, -0.05) is 42.5 Å². The SMILES string of the molecule is CCN1C(=O)/C(C)=C\C(c2ccccc2)=Nc2ccccc21. The van der Waals surface area contributed by atoms with Gasteiger partial charge in [0.05, 0.1) is 17.1 Å². The van der Waals surface area contributed by atoms with Gasteiger partial charge >= 0.3 is 0 Å². The van der Waals surface area contributed by atoms with Gasteiger partial charge in [0.15, 0.2) is 0 Å². The summed E-state index contributed by atoms with van der Waals surface area (Å²) in [6.07, 6.45) is 1.87. The Bertz CT molecular complexity index is 760. The molecule has 0 bridgehead atoms. The second-order valence-corrected chi connectivity index (χ2v) is 5.23. The van der Waals surface area contributed by atoms with Gasteiger partial charge in [0, 0.05) is 17.7 Å². The van der Waals surface area contributed by atoms with Gasteiger partial charge in [0.25, 0.3) is 5.91 Å². The fourth-order valence-electron chi connectivity index (χ4n) is 2.61. The average Bonchev–Trinajstić information content (AvgIpc) is 2.56. The predicted molar refractivity (Wildman–Crippen MR) is 90.9 cm³/mol. The number of benzene rings is 2. The van der Waals surface area contributed by atoms with Crippen molar-refractivity contribution in [3.63, 3.8) is 0 Å². The lowest BCUT2D eigenvalue weighted by molar-refractivity contribution is -0.115. The lowest BCUT2D eigenvalue weighted by atomic mass is 10.0. The number of allylic oxidation sites excluding steroid dienone is 1. The van der Waals surface area contributed by atoms with Crippen LogP contribution >= 0.6 is 0 Å². The van der Waals surface area contributed by atoms with E-state index in [4.69, 9.17) is 4.99 Å². The van der Waals surface area contributed by atoms with E-state index in [-0.39, 0.29) is 5.91 Å². The Labute approximate surface area is 130 Å². The summed E-state index contributed by atoms with van der Waals surface area (Å²) in [5.74, 6) is 0.0262. The molecule has 22 heavy (non-hydrogen) atoms. The van der Waals surface area contributed by atoms with Gasteiger partial charge in [-0.3, -0.25) is 4.79 Å². The fourth-order valence-corrected chi connectivity index (χ4v) is 2.61. The first-order chi connectivity index (χ1) is 10.7. The molecular formula is C19H18N2O. The Hall–Kier alpha value is -2.68. The summed E-state index contributed by atoms with van der Waals surface area (Å²) in [5, 5.41) is 0. The molecule has 0 fully saturated rings. The molecule has 1 amide bonds. The quantitative estimate of drug-likeness (QED) is 0.819. The van der Waals surface area contributed by atoms with E-state index in [1.807, 2.05) is 74.5 Å². The standard InChI is InChI=1S/C19H18N2O/c1-3-21-18-12-8-7-11-16(18)20-17(13-14(2)19(21)22)15-9-5-4-6-10-15/h4-13H,3H2,1-2H3/b14-13-,20-17?. The number of hydrogen-bond donors (Lipinski definition) is 0. The largest absolute Gasteiger partial charge is 0.307 e. The lowest BCUT2D eigenvalue weighted by Crippen LogP contribution is -2.32. The van der Waals surface area contributed by atoms with Gasteiger partial charge in [-0.15, -0.1) is 0 Å². The van der Waals surface area contributed by atoms with E-state index in [0.717, 1.165) is 22.6 Å². The van der Waals surface area contributed by atoms with E-state index in [1.165, 1.54) is 0 Å². The number of carbonyl (C=O) groups excluding carboxylic acids is 1. The van der Waals surface area contributed by atoms with Crippen LogP contribution in [-0.2, 0) is 4.79 Å². The highest BCUT2D eigenvalue weighted by molar-refractivity contribution is 6.18. The normalized spacial score (nSPS) is 17.0. The van der Waals surface area contributed by atoms with Crippen molar-refractivity contribution in [3.8, 4) is 0 Å². The van der Waals surface area contributed by atoms with Crippen LogP contribution in [0.15, 0.2) is 71.2 Å². The molecule has 3 nitrogen and oxygen atoms in total. The van der Waals surface area contributed by atoms with E-state index >= 15 is 0 Å². The number of fused-ring (bicyclic) bond motifs is 1. The van der Waals surface area contributed by atoms with Crippen LogP contribution in [-0.4, -0.2) is 18.2 Å². The van der Waals surface area contributed by atoms with Crippen molar-refractivity contribution in [2.75, 3.05) is 11.4 Å². The topological polar surface area (TPSA) is 32.7 Å². The van der Waals surface area contributed by atoms with Crippen LogP contribution in [0.4, 0.5) is 11.4 Å². The van der Waals surface area contributed by atoms with Crippen molar-refractivity contribution in [2.45, 2.75) is 13.8 Å². The van der Waals surface area contributed by atoms with Crippen molar-refractivity contribution in [2.24, 2.45) is 4.99 Å². The summed E-state index contributed by atoms with van der Waals surface area (Å²) >= 11 is 0. The van der Waals surface area contributed by atoms with Crippen molar-refractivity contribution in [1.82, 2.24) is 0 Å². The number of likely N-dealkylation sites (N-methyl/N-ethyl adjacent to an activating group) is 1. The van der Waals surface area contributed by atoms with E-state index < -0.39 is 0 Å². The van der Waals surface area contributed by atoms with E-state index in [0.29, 0.717) is 12.1 Å². The third kappa shape index (κ3) is 2.58. The van der Waals surface area contributed by atoms with Gasteiger partial charge in [0.1, 0.15) is 0 Å². The molecule has 0 aromatic heterocycles. The third-order valence-electron chi connectivity index (χ3n) is 3.73. The van der Waals surface area contributed by atoms with Crippen molar-refractivity contribution in [1.29, 1.82) is 0 Å². The van der Waals surface area contributed by atoms with Crippen LogP contribution in [0.3, 0.4) is 0 Å². The summed E-state index contributed by atoms with van der Waals surface area (Å²) < 4.78 is 0. The second kappa shape index (κ2) is 5.98. The van der Waals surface area contributed by atoms with Crippen molar-refractivity contribution < 1.29 is 4.79 Å². The molecule has 3 rings (SSSR count). The summed E-state index contributed by atoms with van der Waals surface area (Å²) in [6, 6.07) is 17.7. The minimum atomic E-state index is 0.0262. The molecule has 0 N–H and O–H groups in total. The Balaban J connectivity index is 2.23. The third-order valence-corrected chi connectivity index (χ3v) is 3.73. The van der Waals surface area contributed by atoms with Crippen molar-refractivity contribution >= 4 is 23.0 Å². The maximum absolute atomic E-state index is 12.7. The zero-order valence-corrected chi connectivity index (χ0v) is 12.8. The zero-order chi connectivity index (χ0) is 15.5. The number of para-hydroxylation sites is 2. The van der Waals surface area contributed by atoms with Crippen LogP contribution in [0.25, 0.3) is 0 Å². The van der Waals surface area contributed by atoms with Gasteiger partial charge in [0.2, 0.25) is 0 Å². The molecule has 0 saturated heterocycles. The van der Waals surface area contributed by atoms with E-state index in [1.54, 1.807) is 4.90 Å². The number of amides is 1. The molecule has 3 heteroatoms. The molecule has 1 heterocycles. The Kier molecular flexibility index (Phi) is 3.88. The van der Waals surface area contributed by atoms with Crippen LogP contribution < -0.4 is 4.90 Å². The van der Waals surface area contributed by atoms with Crippen LogP contribution in [0.5, 0.6) is 0 Å². The predicted octanol–water partition coefficient (Wildman–Crippen LogP) is 4.12. The molecule has 0 saturated carbocycles. The van der Waals surface area contributed by atoms with Gasteiger partial charge < -0.3 is 4.90 Å². The Morgan fingerprint density at radius 2 is 1.68 bits per heavy atom. The maximum Gasteiger partial charge on any atom is 0.254 e. The Morgan fingerprint density at radius 3 is 2.41 bits per heavy atom. The van der Waals surface area contributed by atoms with E-state index in [2.05, 4.69) is 0 Å². The smallest absolute Gasteiger partial charge is 0.254 e. The number of carbonyl (C=O) groups is 1.